The van der Waals surface area contributed by atoms with Crippen LogP contribution in [0, 0.1) is 13.8 Å². The summed E-state index contributed by atoms with van der Waals surface area (Å²) in [4.78, 5) is 16.7. The van der Waals surface area contributed by atoms with E-state index in [1.54, 1.807) is 0 Å². The summed E-state index contributed by atoms with van der Waals surface area (Å²) < 4.78 is 0. The van der Waals surface area contributed by atoms with E-state index in [0.717, 1.165) is 28.2 Å². The second-order valence-electron chi connectivity index (χ2n) is 5.12. The van der Waals surface area contributed by atoms with E-state index in [-0.39, 0.29) is 5.91 Å². The number of aliphatic imine (C=N–C) groups is 1. The Morgan fingerprint density at radius 1 is 1.10 bits per heavy atom. The van der Waals surface area contributed by atoms with Crippen LogP contribution in [-0.4, -0.2) is 11.6 Å². The monoisotopic (exact) mass is 264 g/mol. The molecule has 1 N–H and O–H groups in total. The summed E-state index contributed by atoms with van der Waals surface area (Å²) in [6.07, 6.45) is 0.305. The van der Waals surface area contributed by atoms with Gasteiger partial charge in [-0.05, 0) is 43.2 Å². The number of hydrogen-bond donors (Lipinski definition) is 1. The van der Waals surface area contributed by atoms with Gasteiger partial charge in [0.05, 0.1) is 23.5 Å². The normalized spacial score (nSPS) is 14.1. The number of amides is 1. The van der Waals surface area contributed by atoms with Crippen LogP contribution >= 0.6 is 0 Å². The standard InChI is InChI=1S/C17H16N2O/c1-11-7-8-12(2)13(9-11)16-10-17(20)19-15-6-4-3-5-14(15)18-16/h3-9H,10H2,1-2H3,(H,19,20). The number of benzene rings is 2. The summed E-state index contributed by atoms with van der Waals surface area (Å²) >= 11 is 0. The molecule has 0 aromatic heterocycles. The van der Waals surface area contributed by atoms with Gasteiger partial charge in [0, 0.05) is 0 Å². The number of nitrogens with zero attached hydrogens (tertiary/aromatic N) is 1. The number of nitrogens with one attached hydrogen (secondary N) is 1. The lowest BCUT2D eigenvalue weighted by molar-refractivity contribution is -0.115. The third-order valence-electron chi connectivity index (χ3n) is 3.47. The first-order valence-corrected chi connectivity index (χ1v) is 6.67. The minimum atomic E-state index is -0.0189. The van der Waals surface area contributed by atoms with Gasteiger partial charge in [-0.3, -0.25) is 9.79 Å². The Labute approximate surface area is 118 Å². The Kier molecular flexibility index (Phi) is 3.11. The third-order valence-corrected chi connectivity index (χ3v) is 3.47. The number of hydrogen-bond acceptors (Lipinski definition) is 2. The van der Waals surface area contributed by atoms with E-state index in [9.17, 15) is 4.79 Å². The summed E-state index contributed by atoms with van der Waals surface area (Å²) in [6.45, 7) is 4.10. The van der Waals surface area contributed by atoms with E-state index in [0.29, 0.717) is 6.42 Å². The van der Waals surface area contributed by atoms with Gasteiger partial charge < -0.3 is 5.32 Å². The molecule has 1 aliphatic heterocycles. The average molecular weight is 264 g/mol. The molecule has 0 radical (unpaired) electrons. The quantitative estimate of drug-likeness (QED) is 0.837. The van der Waals surface area contributed by atoms with Crippen molar-refractivity contribution in [3.63, 3.8) is 0 Å². The van der Waals surface area contributed by atoms with E-state index >= 15 is 0 Å². The highest BCUT2D eigenvalue weighted by Crippen LogP contribution is 2.29. The Balaban J connectivity index is 2.15. The molecule has 0 spiro atoms. The van der Waals surface area contributed by atoms with Crippen LogP contribution in [0.15, 0.2) is 47.5 Å². The van der Waals surface area contributed by atoms with Gasteiger partial charge in [-0.2, -0.15) is 0 Å². The Bertz CT molecular complexity index is 717. The molecule has 20 heavy (non-hydrogen) atoms. The average Bonchev–Trinajstić information content (AvgIpc) is 2.59. The molecular weight excluding hydrogens is 248 g/mol. The van der Waals surface area contributed by atoms with Gasteiger partial charge in [-0.15, -0.1) is 0 Å². The van der Waals surface area contributed by atoms with Gasteiger partial charge >= 0.3 is 0 Å². The molecule has 0 bridgehead atoms. The molecule has 100 valence electrons. The van der Waals surface area contributed by atoms with E-state index in [1.165, 1.54) is 5.56 Å². The van der Waals surface area contributed by atoms with Crippen molar-refractivity contribution in [1.82, 2.24) is 0 Å². The summed E-state index contributed by atoms with van der Waals surface area (Å²) in [7, 11) is 0. The fourth-order valence-corrected chi connectivity index (χ4v) is 2.41. The smallest absolute Gasteiger partial charge is 0.230 e. The molecule has 3 rings (SSSR count). The molecule has 1 amide bonds. The van der Waals surface area contributed by atoms with Crippen molar-refractivity contribution >= 4 is 23.0 Å². The van der Waals surface area contributed by atoms with Crippen LogP contribution in [0.25, 0.3) is 0 Å². The number of rotatable bonds is 1. The molecule has 1 aliphatic rings. The van der Waals surface area contributed by atoms with Crippen molar-refractivity contribution in [3.8, 4) is 0 Å². The van der Waals surface area contributed by atoms with Crippen molar-refractivity contribution in [2.45, 2.75) is 20.3 Å². The van der Waals surface area contributed by atoms with Gasteiger partial charge in [0.15, 0.2) is 0 Å². The second-order valence-corrected chi connectivity index (χ2v) is 5.12. The maximum atomic E-state index is 12.0. The number of aryl methyl sites for hydroxylation is 2. The van der Waals surface area contributed by atoms with Crippen LogP contribution < -0.4 is 5.32 Å². The predicted octanol–water partition coefficient (Wildman–Crippen LogP) is 3.77. The van der Waals surface area contributed by atoms with Crippen LogP contribution in [-0.2, 0) is 4.79 Å². The molecule has 0 aliphatic carbocycles. The fourth-order valence-electron chi connectivity index (χ4n) is 2.41. The highest BCUT2D eigenvalue weighted by Gasteiger charge is 2.17. The summed E-state index contributed by atoms with van der Waals surface area (Å²) in [6, 6.07) is 13.9. The van der Waals surface area contributed by atoms with E-state index < -0.39 is 0 Å². The fraction of sp³-hybridized carbons (Fsp3) is 0.176. The van der Waals surface area contributed by atoms with Gasteiger partial charge in [-0.1, -0.05) is 29.8 Å². The number of carbonyl (C=O) groups is 1. The lowest BCUT2D eigenvalue weighted by Crippen LogP contribution is -2.15. The molecule has 0 saturated heterocycles. The lowest BCUT2D eigenvalue weighted by atomic mass is 9.99. The highest BCUT2D eigenvalue weighted by atomic mass is 16.1. The van der Waals surface area contributed by atoms with Crippen molar-refractivity contribution in [1.29, 1.82) is 0 Å². The zero-order valence-electron chi connectivity index (χ0n) is 11.6. The number of anilines is 1. The zero-order chi connectivity index (χ0) is 14.1. The first kappa shape index (κ1) is 12.6. The maximum Gasteiger partial charge on any atom is 0.230 e. The highest BCUT2D eigenvalue weighted by molar-refractivity contribution is 6.17. The van der Waals surface area contributed by atoms with E-state index in [1.807, 2.05) is 38.1 Å². The molecular formula is C17H16N2O. The van der Waals surface area contributed by atoms with E-state index in [2.05, 4.69) is 23.5 Å². The summed E-state index contributed by atoms with van der Waals surface area (Å²) in [5.74, 6) is -0.0189. The van der Waals surface area contributed by atoms with Gasteiger partial charge in [0.25, 0.3) is 0 Å². The van der Waals surface area contributed by atoms with Crippen LogP contribution in [0.5, 0.6) is 0 Å². The van der Waals surface area contributed by atoms with E-state index in [4.69, 9.17) is 4.99 Å². The van der Waals surface area contributed by atoms with Crippen molar-refractivity contribution in [2.75, 3.05) is 5.32 Å². The maximum absolute atomic E-state index is 12.0. The first-order valence-electron chi connectivity index (χ1n) is 6.67. The third kappa shape index (κ3) is 2.35. The molecule has 1 heterocycles. The molecule has 0 saturated carbocycles. The number of fused-ring (bicyclic) bond motifs is 1. The van der Waals surface area contributed by atoms with Crippen LogP contribution in [0.2, 0.25) is 0 Å². The van der Waals surface area contributed by atoms with Crippen LogP contribution in [0.4, 0.5) is 11.4 Å². The molecule has 3 nitrogen and oxygen atoms in total. The predicted molar refractivity (Wildman–Crippen MR) is 81.8 cm³/mol. The minimum absolute atomic E-state index is 0.0189. The topological polar surface area (TPSA) is 41.5 Å². The molecule has 0 fully saturated rings. The Hall–Kier alpha value is -2.42. The lowest BCUT2D eigenvalue weighted by Gasteiger charge is -2.08. The van der Waals surface area contributed by atoms with Crippen molar-refractivity contribution < 1.29 is 4.79 Å². The second kappa shape index (κ2) is 4.93. The molecule has 0 atom stereocenters. The largest absolute Gasteiger partial charge is 0.324 e. The minimum Gasteiger partial charge on any atom is -0.324 e. The Morgan fingerprint density at radius 2 is 1.90 bits per heavy atom. The number of carbonyl (C=O) groups excluding carboxylic acids is 1. The van der Waals surface area contributed by atoms with Gasteiger partial charge in [0.1, 0.15) is 0 Å². The van der Waals surface area contributed by atoms with Crippen LogP contribution in [0.1, 0.15) is 23.1 Å². The van der Waals surface area contributed by atoms with Gasteiger partial charge in [0.2, 0.25) is 5.91 Å². The molecule has 2 aromatic rings. The zero-order valence-corrected chi connectivity index (χ0v) is 11.6. The number of para-hydroxylation sites is 2. The first-order chi connectivity index (χ1) is 9.63. The summed E-state index contributed by atoms with van der Waals surface area (Å²) in [5.41, 5.74) is 5.78. The Morgan fingerprint density at radius 3 is 2.75 bits per heavy atom. The molecule has 3 heteroatoms. The van der Waals surface area contributed by atoms with Crippen molar-refractivity contribution in [2.24, 2.45) is 4.99 Å². The van der Waals surface area contributed by atoms with Gasteiger partial charge in [-0.25, -0.2) is 0 Å². The van der Waals surface area contributed by atoms with Crippen LogP contribution in [0.3, 0.4) is 0 Å². The summed E-state index contributed by atoms with van der Waals surface area (Å²) in [5, 5.41) is 2.90. The van der Waals surface area contributed by atoms with Crippen molar-refractivity contribution in [3.05, 3.63) is 59.2 Å². The SMILES string of the molecule is Cc1ccc(C)c(C2=Nc3ccccc3NC(=O)C2)c1. The molecule has 0 unspecified atom stereocenters. The molecule has 2 aromatic carbocycles.